The highest BCUT2D eigenvalue weighted by atomic mass is 16.4. The molecular weight excluding hydrogens is 154 g/mol. The van der Waals surface area contributed by atoms with Gasteiger partial charge >= 0.3 is 0 Å². The summed E-state index contributed by atoms with van der Waals surface area (Å²) in [6.07, 6.45) is 3.46. The Morgan fingerprint density at radius 2 is 1.75 bits per heavy atom. The number of rotatable bonds is 2. The molecule has 2 atom stereocenters. The maximum Gasteiger partial charge on any atom is 0.109 e. The van der Waals surface area contributed by atoms with Crippen molar-refractivity contribution in [2.24, 2.45) is 0 Å². The molecular formula is C9H15NO2. The smallest absolute Gasteiger partial charge is 0.109 e. The third-order valence-electron chi connectivity index (χ3n) is 3.80. The van der Waals surface area contributed by atoms with Crippen molar-refractivity contribution in [2.45, 2.75) is 42.9 Å². The molecule has 12 heavy (non-hydrogen) atoms. The van der Waals surface area contributed by atoms with Gasteiger partial charge in [-0.05, 0) is 25.7 Å². The number of aliphatic hydroxyl groups is 2. The quantitative estimate of drug-likeness (QED) is 0.559. The first-order valence-electron chi connectivity index (χ1n) is 4.85. The topological polar surface area (TPSA) is 43.5 Å². The summed E-state index contributed by atoms with van der Waals surface area (Å²) in [5.74, 6) is 0. The first-order chi connectivity index (χ1) is 5.66. The SMILES string of the molecule is OC1(C2(O)CCC2N2CC2)CC1. The predicted octanol–water partition coefficient (Wildman–Crippen LogP) is -0.280. The summed E-state index contributed by atoms with van der Waals surface area (Å²) >= 11 is 0. The van der Waals surface area contributed by atoms with Crippen LogP contribution in [0.2, 0.25) is 0 Å². The fraction of sp³-hybridized carbons (Fsp3) is 1.00. The molecule has 3 nitrogen and oxygen atoms in total. The van der Waals surface area contributed by atoms with Crippen molar-refractivity contribution in [3.8, 4) is 0 Å². The van der Waals surface area contributed by atoms with Crippen molar-refractivity contribution in [2.75, 3.05) is 13.1 Å². The van der Waals surface area contributed by atoms with Gasteiger partial charge in [-0.1, -0.05) is 0 Å². The Labute approximate surface area is 72.0 Å². The molecule has 0 spiro atoms. The molecule has 2 aliphatic carbocycles. The van der Waals surface area contributed by atoms with Crippen LogP contribution in [-0.2, 0) is 0 Å². The van der Waals surface area contributed by atoms with Crippen molar-refractivity contribution in [1.82, 2.24) is 4.90 Å². The van der Waals surface area contributed by atoms with E-state index in [0.717, 1.165) is 38.8 Å². The number of hydrogen-bond donors (Lipinski definition) is 2. The van der Waals surface area contributed by atoms with Gasteiger partial charge in [0.25, 0.3) is 0 Å². The van der Waals surface area contributed by atoms with Crippen LogP contribution in [0.1, 0.15) is 25.7 Å². The molecule has 2 unspecified atom stereocenters. The summed E-state index contributed by atoms with van der Waals surface area (Å²) in [6, 6.07) is 0.269. The van der Waals surface area contributed by atoms with E-state index in [0.29, 0.717) is 0 Å². The van der Waals surface area contributed by atoms with E-state index in [1.54, 1.807) is 0 Å². The summed E-state index contributed by atoms with van der Waals surface area (Å²) in [4.78, 5) is 2.26. The van der Waals surface area contributed by atoms with Gasteiger partial charge in [-0.2, -0.15) is 0 Å². The lowest BCUT2D eigenvalue weighted by atomic mass is 9.69. The van der Waals surface area contributed by atoms with Crippen LogP contribution in [0.5, 0.6) is 0 Å². The van der Waals surface area contributed by atoms with Crippen LogP contribution in [0.4, 0.5) is 0 Å². The van der Waals surface area contributed by atoms with E-state index in [2.05, 4.69) is 4.90 Å². The molecule has 1 heterocycles. The molecule has 3 rings (SSSR count). The third-order valence-corrected chi connectivity index (χ3v) is 3.80. The largest absolute Gasteiger partial charge is 0.387 e. The van der Waals surface area contributed by atoms with Crippen molar-refractivity contribution in [1.29, 1.82) is 0 Å². The minimum atomic E-state index is -0.747. The standard InChI is InChI=1S/C9H15NO2/c11-8(3-4-8)9(12)2-1-7(9)10-5-6-10/h7,11-12H,1-6H2. The van der Waals surface area contributed by atoms with Gasteiger partial charge in [-0.25, -0.2) is 0 Å². The second kappa shape index (κ2) is 1.86. The molecule has 1 saturated heterocycles. The summed E-state index contributed by atoms with van der Waals surface area (Å²) in [5, 5.41) is 20.1. The highest BCUT2D eigenvalue weighted by Crippen LogP contribution is 2.55. The number of hydrogen-bond acceptors (Lipinski definition) is 3. The second-order valence-corrected chi connectivity index (χ2v) is 4.55. The van der Waals surface area contributed by atoms with Crippen LogP contribution in [0.3, 0.4) is 0 Å². The zero-order chi connectivity index (χ0) is 8.40. The van der Waals surface area contributed by atoms with Crippen molar-refractivity contribution >= 4 is 0 Å². The molecule has 68 valence electrons. The Kier molecular flexibility index (Phi) is 1.13. The van der Waals surface area contributed by atoms with Gasteiger partial charge in [0.15, 0.2) is 0 Å². The Balaban J connectivity index is 1.80. The van der Waals surface area contributed by atoms with Crippen LogP contribution in [0, 0.1) is 0 Å². The highest BCUT2D eigenvalue weighted by molar-refractivity contribution is 5.21. The van der Waals surface area contributed by atoms with E-state index >= 15 is 0 Å². The average Bonchev–Trinajstić information content (AvgIpc) is 2.84. The summed E-state index contributed by atoms with van der Waals surface area (Å²) in [7, 11) is 0. The molecule has 3 heteroatoms. The molecule has 3 aliphatic rings. The van der Waals surface area contributed by atoms with Gasteiger partial charge < -0.3 is 10.2 Å². The van der Waals surface area contributed by atoms with Crippen LogP contribution in [0.25, 0.3) is 0 Å². The molecule has 0 aromatic carbocycles. The lowest BCUT2D eigenvalue weighted by Gasteiger charge is -2.49. The van der Waals surface area contributed by atoms with Crippen molar-refractivity contribution < 1.29 is 10.2 Å². The summed E-state index contributed by atoms with van der Waals surface area (Å²) in [6.45, 7) is 2.23. The van der Waals surface area contributed by atoms with Crippen LogP contribution < -0.4 is 0 Å². The van der Waals surface area contributed by atoms with E-state index in [9.17, 15) is 10.2 Å². The Morgan fingerprint density at radius 3 is 2.08 bits per heavy atom. The maximum absolute atomic E-state index is 10.2. The van der Waals surface area contributed by atoms with Crippen LogP contribution in [-0.4, -0.2) is 45.4 Å². The third kappa shape index (κ3) is 0.721. The van der Waals surface area contributed by atoms with Gasteiger partial charge in [0, 0.05) is 19.1 Å². The molecule has 2 saturated carbocycles. The van der Waals surface area contributed by atoms with Gasteiger partial charge in [0.2, 0.25) is 0 Å². The summed E-state index contributed by atoms with van der Waals surface area (Å²) in [5.41, 5.74) is -1.46. The van der Waals surface area contributed by atoms with Crippen molar-refractivity contribution in [3.05, 3.63) is 0 Å². The first kappa shape index (κ1) is 7.30. The summed E-state index contributed by atoms with van der Waals surface area (Å²) < 4.78 is 0. The van der Waals surface area contributed by atoms with Gasteiger partial charge in [-0.15, -0.1) is 0 Å². The molecule has 0 aromatic rings. The Hall–Kier alpha value is -0.120. The Bertz CT molecular complexity index is 223. The minimum Gasteiger partial charge on any atom is -0.387 e. The van der Waals surface area contributed by atoms with Gasteiger partial charge in [0.1, 0.15) is 5.60 Å². The molecule has 0 amide bonds. The van der Waals surface area contributed by atoms with E-state index in [1.807, 2.05) is 0 Å². The van der Waals surface area contributed by atoms with Crippen molar-refractivity contribution in [3.63, 3.8) is 0 Å². The lowest BCUT2D eigenvalue weighted by molar-refractivity contribution is -0.176. The zero-order valence-corrected chi connectivity index (χ0v) is 7.16. The monoisotopic (exact) mass is 169 g/mol. The second-order valence-electron chi connectivity index (χ2n) is 4.55. The average molecular weight is 169 g/mol. The van der Waals surface area contributed by atoms with E-state index in [-0.39, 0.29) is 6.04 Å². The molecule has 3 fully saturated rings. The first-order valence-corrected chi connectivity index (χ1v) is 4.85. The lowest BCUT2D eigenvalue weighted by Crippen LogP contribution is -2.63. The van der Waals surface area contributed by atoms with Crippen LogP contribution in [0.15, 0.2) is 0 Å². The minimum absolute atomic E-state index is 0.269. The fourth-order valence-electron chi connectivity index (χ4n) is 2.50. The number of nitrogens with zero attached hydrogens (tertiary/aromatic N) is 1. The van der Waals surface area contributed by atoms with Gasteiger partial charge in [-0.3, -0.25) is 4.90 Å². The fourth-order valence-corrected chi connectivity index (χ4v) is 2.50. The predicted molar refractivity (Wildman–Crippen MR) is 43.7 cm³/mol. The highest BCUT2D eigenvalue weighted by Gasteiger charge is 2.67. The van der Waals surface area contributed by atoms with E-state index in [1.165, 1.54) is 0 Å². The zero-order valence-electron chi connectivity index (χ0n) is 7.16. The molecule has 0 aromatic heterocycles. The molecule has 0 radical (unpaired) electrons. The van der Waals surface area contributed by atoms with Gasteiger partial charge in [0.05, 0.1) is 5.60 Å². The molecule has 0 bridgehead atoms. The maximum atomic E-state index is 10.2. The normalized spacial score (nSPS) is 50.0. The van der Waals surface area contributed by atoms with E-state index < -0.39 is 11.2 Å². The van der Waals surface area contributed by atoms with E-state index in [4.69, 9.17) is 0 Å². The molecule has 2 N–H and O–H groups in total. The Morgan fingerprint density at radius 1 is 1.08 bits per heavy atom. The molecule has 1 aliphatic heterocycles. The van der Waals surface area contributed by atoms with Crippen LogP contribution >= 0.6 is 0 Å².